The normalized spacial score (nSPS) is 13.5. The lowest BCUT2D eigenvalue weighted by Crippen LogP contribution is -2.39. The Hall–Kier alpha value is -2.24. The van der Waals surface area contributed by atoms with Gasteiger partial charge in [0.15, 0.2) is 0 Å². The molecule has 0 aliphatic rings. The molecular weight excluding hydrogens is 270 g/mol. The summed E-state index contributed by atoms with van der Waals surface area (Å²) >= 11 is 0. The van der Waals surface area contributed by atoms with Crippen LogP contribution in [0.3, 0.4) is 0 Å². The maximum absolute atomic E-state index is 10.7. The molecule has 0 radical (unpaired) electrons. The van der Waals surface area contributed by atoms with Crippen molar-refractivity contribution in [3.05, 3.63) is 46.4 Å². The molecule has 116 valence electrons. The van der Waals surface area contributed by atoms with Crippen LogP contribution in [0.1, 0.15) is 27.7 Å². The minimum Gasteiger partial charge on any atom is -0.497 e. The Morgan fingerprint density at radius 3 is 2.62 bits per heavy atom. The summed E-state index contributed by atoms with van der Waals surface area (Å²) < 4.78 is 5.13. The van der Waals surface area contributed by atoms with Gasteiger partial charge in [0.1, 0.15) is 5.75 Å². The Balaban J connectivity index is 2.91. The van der Waals surface area contributed by atoms with Gasteiger partial charge in [0, 0.05) is 17.8 Å². The summed E-state index contributed by atoms with van der Waals surface area (Å²) in [5.74, 6) is 0.889. The summed E-state index contributed by atoms with van der Waals surface area (Å²) in [5, 5.41) is 16.8. The van der Waals surface area contributed by atoms with Gasteiger partial charge in [-0.3, -0.25) is 10.1 Å². The molecule has 21 heavy (non-hydrogen) atoms. The molecule has 1 atom stereocenters. The van der Waals surface area contributed by atoms with Gasteiger partial charge < -0.3 is 15.4 Å². The molecule has 1 aromatic carbocycles. The van der Waals surface area contributed by atoms with Crippen molar-refractivity contribution < 1.29 is 9.66 Å². The minimum absolute atomic E-state index is 0.0260. The number of nitrogens with one attached hydrogen (secondary N) is 2. The van der Waals surface area contributed by atoms with Crippen LogP contribution in [0.25, 0.3) is 0 Å². The van der Waals surface area contributed by atoms with E-state index in [2.05, 4.69) is 37.6 Å². The van der Waals surface area contributed by atoms with Crippen molar-refractivity contribution in [2.45, 2.75) is 33.7 Å². The topological polar surface area (TPSA) is 76.4 Å². The fraction of sp³-hybridized carbons (Fsp3) is 0.467. The molecule has 0 saturated heterocycles. The molecule has 1 unspecified atom stereocenters. The van der Waals surface area contributed by atoms with Gasteiger partial charge in [0.2, 0.25) is 0 Å². The second-order valence-corrected chi connectivity index (χ2v) is 5.83. The van der Waals surface area contributed by atoms with Crippen LogP contribution < -0.4 is 15.4 Å². The fourth-order valence-corrected chi connectivity index (χ4v) is 1.47. The molecule has 0 heterocycles. The first kappa shape index (κ1) is 16.8. The van der Waals surface area contributed by atoms with Gasteiger partial charge in [-0.2, -0.15) is 0 Å². The van der Waals surface area contributed by atoms with E-state index in [0.717, 1.165) is 0 Å². The van der Waals surface area contributed by atoms with E-state index in [1.165, 1.54) is 0 Å². The Bertz CT molecular complexity index is 521. The minimum atomic E-state index is -0.606. The highest BCUT2D eigenvalue weighted by atomic mass is 16.6. The molecule has 6 nitrogen and oxygen atoms in total. The number of methoxy groups -OCH3 is 1. The summed E-state index contributed by atoms with van der Waals surface area (Å²) in [7, 11) is 1.57. The zero-order chi connectivity index (χ0) is 16.0. The summed E-state index contributed by atoms with van der Waals surface area (Å²) in [6.07, 6.45) is 2.14. The SMILES string of the molecule is COc1cccc(NC(=[C-][N+](=O)[O-])NC(C)C(C)(C)C)c1. The van der Waals surface area contributed by atoms with E-state index in [1.807, 2.05) is 6.92 Å². The first-order valence-corrected chi connectivity index (χ1v) is 6.68. The average molecular weight is 292 g/mol. The molecule has 1 rings (SSSR count). The monoisotopic (exact) mass is 292 g/mol. The zero-order valence-electron chi connectivity index (χ0n) is 13.1. The summed E-state index contributed by atoms with van der Waals surface area (Å²) in [6, 6.07) is 7.19. The summed E-state index contributed by atoms with van der Waals surface area (Å²) in [4.78, 5) is 10.1. The van der Waals surface area contributed by atoms with E-state index in [4.69, 9.17) is 4.74 Å². The lowest BCUT2D eigenvalue weighted by Gasteiger charge is -2.32. The lowest BCUT2D eigenvalue weighted by atomic mass is 9.88. The van der Waals surface area contributed by atoms with E-state index in [1.54, 1.807) is 31.4 Å². The number of hydrogen-bond acceptors (Lipinski definition) is 5. The second kappa shape index (κ2) is 6.97. The number of nitro groups is 1. The number of rotatable bonds is 6. The quantitative estimate of drug-likeness (QED) is 0.365. The molecule has 0 aromatic heterocycles. The van der Waals surface area contributed by atoms with Crippen LogP contribution in [-0.4, -0.2) is 18.1 Å². The predicted octanol–water partition coefficient (Wildman–Crippen LogP) is 3.01. The van der Waals surface area contributed by atoms with Gasteiger partial charge >= 0.3 is 0 Å². The molecule has 0 amide bonds. The van der Waals surface area contributed by atoms with Crippen molar-refractivity contribution in [2.75, 3.05) is 12.4 Å². The van der Waals surface area contributed by atoms with Crippen LogP contribution >= 0.6 is 0 Å². The van der Waals surface area contributed by atoms with Gasteiger partial charge in [0.25, 0.3) is 0 Å². The van der Waals surface area contributed by atoms with Crippen LogP contribution in [0.4, 0.5) is 5.69 Å². The van der Waals surface area contributed by atoms with E-state index >= 15 is 0 Å². The Labute approximate surface area is 125 Å². The highest BCUT2D eigenvalue weighted by Crippen LogP contribution is 2.21. The van der Waals surface area contributed by atoms with Crippen molar-refractivity contribution in [1.29, 1.82) is 0 Å². The molecular formula is C15H22N3O3-. The number of hydrogen-bond donors (Lipinski definition) is 2. The van der Waals surface area contributed by atoms with Crippen LogP contribution in [0, 0.1) is 21.7 Å². The molecule has 0 aliphatic carbocycles. The highest BCUT2D eigenvalue weighted by Gasteiger charge is 2.19. The molecule has 0 bridgehead atoms. The van der Waals surface area contributed by atoms with Crippen molar-refractivity contribution in [3.63, 3.8) is 0 Å². The fourth-order valence-electron chi connectivity index (χ4n) is 1.47. The molecule has 0 saturated carbocycles. The largest absolute Gasteiger partial charge is 0.497 e. The van der Waals surface area contributed by atoms with Gasteiger partial charge in [-0.25, -0.2) is 0 Å². The van der Waals surface area contributed by atoms with Gasteiger partial charge in [-0.05, 0) is 30.3 Å². The lowest BCUT2D eigenvalue weighted by molar-refractivity contribution is -0.421. The molecule has 1 aromatic rings. The van der Waals surface area contributed by atoms with Crippen LogP contribution in [-0.2, 0) is 0 Å². The van der Waals surface area contributed by atoms with Crippen molar-refractivity contribution in [2.24, 2.45) is 5.41 Å². The molecule has 0 aliphatic heterocycles. The number of nitrogens with zero attached hydrogens (tertiary/aromatic N) is 1. The van der Waals surface area contributed by atoms with Crippen molar-refractivity contribution in [1.82, 2.24) is 5.32 Å². The van der Waals surface area contributed by atoms with E-state index in [-0.39, 0.29) is 17.3 Å². The number of ether oxygens (including phenoxy) is 1. The molecule has 0 fully saturated rings. The third kappa shape index (κ3) is 5.72. The van der Waals surface area contributed by atoms with Gasteiger partial charge in [0.05, 0.1) is 7.11 Å². The maximum Gasteiger partial charge on any atom is 0.120 e. The first-order chi connectivity index (χ1) is 9.72. The Kier molecular flexibility index (Phi) is 5.58. The van der Waals surface area contributed by atoms with E-state index < -0.39 is 4.92 Å². The first-order valence-electron chi connectivity index (χ1n) is 6.68. The highest BCUT2D eigenvalue weighted by molar-refractivity contribution is 5.51. The smallest absolute Gasteiger partial charge is 0.120 e. The average Bonchev–Trinajstić information content (AvgIpc) is 2.37. The third-order valence-corrected chi connectivity index (χ3v) is 3.20. The zero-order valence-corrected chi connectivity index (χ0v) is 13.1. The summed E-state index contributed by atoms with van der Waals surface area (Å²) in [5.41, 5.74) is 0.645. The summed E-state index contributed by atoms with van der Waals surface area (Å²) in [6.45, 7) is 8.13. The van der Waals surface area contributed by atoms with Crippen LogP contribution in [0.2, 0.25) is 0 Å². The van der Waals surface area contributed by atoms with Crippen molar-refractivity contribution >= 4 is 5.69 Å². The Morgan fingerprint density at radius 2 is 2.10 bits per heavy atom. The van der Waals surface area contributed by atoms with Crippen LogP contribution in [0.15, 0.2) is 30.1 Å². The van der Waals surface area contributed by atoms with E-state index in [9.17, 15) is 10.1 Å². The second-order valence-electron chi connectivity index (χ2n) is 5.83. The third-order valence-electron chi connectivity index (χ3n) is 3.20. The van der Waals surface area contributed by atoms with Crippen LogP contribution in [0.5, 0.6) is 5.75 Å². The van der Waals surface area contributed by atoms with Gasteiger partial charge in [-0.15, -0.1) is 4.92 Å². The van der Waals surface area contributed by atoms with Gasteiger partial charge in [-0.1, -0.05) is 33.0 Å². The predicted molar refractivity (Wildman–Crippen MR) is 82.4 cm³/mol. The maximum atomic E-state index is 10.7. The molecule has 6 heteroatoms. The Morgan fingerprint density at radius 1 is 1.43 bits per heavy atom. The van der Waals surface area contributed by atoms with E-state index in [0.29, 0.717) is 11.4 Å². The molecule has 0 spiro atoms. The standard InChI is InChI=1S/C15H22N3O3/c1-11(15(2,3)4)16-14(10-18(19)20)17-12-7-6-8-13(9-12)21-5/h6-9,11,16-17H,1-5H3/q-1. The number of anilines is 1. The molecule has 2 N–H and O–H groups in total. The van der Waals surface area contributed by atoms with Crippen molar-refractivity contribution in [3.8, 4) is 5.75 Å². The number of benzene rings is 1.